The number of nitriles is 1. The van der Waals surface area contributed by atoms with Gasteiger partial charge in [0.2, 0.25) is 5.91 Å². The SMILES string of the molecule is N#CCCNC(=O)CN(CCCN)Cc1ccccc1. The normalized spacial score (nSPS) is 10.2. The summed E-state index contributed by atoms with van der Waals surface area (Å²) >= 11 is 0. The molecule has 0 saturated carbocycles. The third-order valence-electron chi connectivity index (χ3n) is 2.85. The van der Waals surface area contributed by atoms with Crippen LogP contribution in [0.3, 0.4) is 0 Å². The summed E-state index contributed by atoms with van der Waals surface area (Å²) in [6, 6.07) is 12.0. The van der Waals surface area contributed by atoms with E-state index in [1.54, 1.807) is 0 Å². The Balaban J connectivity index is 2.47. The molecule has 5 nitrogen and oxygen atoms in total. The molecule has 0 atom stereocenters. The van der Waals surface area contributed by atoms with Crippen molar-refractivity contribution < 1.29 is 4.79 Å². The van der Waals surface area contributed by atoms with Gasteiger partial charge < -0.3 is 11.1 Å². The average Bonchev–Trinajstić information content (AvgIpc) is 2.46. The molecule has 0 aliphatic heterocycles. The zero-order valence-electron chi connectivity index (χ0n) is 11.7. The van der Waals surface area contributed by atoms with E-state index in [1.165, 1.54) is 5.56 Å². The summed E-state index contributed by atoms with van der Waals surface area (Å²) in [5.41, 5.74) is 6.71. The number of nitrogens with two attached hydrogens (primary N) is 1. The first-order chi connectivity index (χ1) is 9.76. The van der Waals surface area contributed by atoms with Crippen LogP contribution in [-0.2, 0) is 11.3 Å². The van der Waals surface area contributed by atoms with Crippen molar-refractivity contribution in [1.82, 2.24) is 10.2 Å². The minimum absolute atomic E-state index is 0.0480. The summed E-state index contributed by atoms with van der Waals surface area (Å²) in [6.45, 7) is 2.87. The van der Waals surface area contributed by atoms with E-state index in [-0.39, 0.29) is 5.91 Å². The smallest absolute Gasteiger partial charge is 0.234 e. The molecule has 0 unspecified atom stereocenters. The van der Waals surface area contributed by atoms with Crippen LogP contribution in [0.5, 0.6) is 0 Å². The lowest BCUT2D eigenvalue weighted by molar-refractivity contribution is -0.122. The van der Waals surface area contributed by atoms with Crippen molar-refractivity contribution in [3.8, 4) is 6.07 Å². The molecule has 0 spiro atoms. The van der Waals surface area contributed by atoms with E-state index in [2.05, 4.69) is 10.2 Å². The Morgan fingerprint density at radius 3 is 2.75 bits per heavy atom. The Kier molecular flexibility index (Phi) is 8.04. The summed E-state index contributed by atoms with van der Waals surface area (Å²) in [4.78, 5) is 13.9. The van der Waals surface area contributed by atoms with E-state index in [0.717, 1.165) is 19.5 Å². The Bertz CT molecular complexity index is 427. The van der Waals surface area contributed by atoms with E-state index in [0.29, 0.717) is 26.1 Å². The Morgan fingerprint density at radius 1 is 1.35 bits per heavy atom. The molecule has 20 heavy (non-hydrogen) atoms. The second kappa shape index (κ2) is 9.96. The van der Waals surface area contributed by atoms with Crippen LogP contribution >= 0.6 is 0 Å². The van der Waals surface area contributed by atoms with E-state index < -0.39 is 0 Å². The van der Waals surface area contributed by atoms with Gasteiger partial charge in [-0.15, -0.1) is 0 Å². The highest BCUT2D eigenvalue weighted by atomic mass is 16.2. The highest BCUT2D eigenvalue weighted by Gasteiger charge is 2.10. The molecule has 0 bridgehead atoms. The van der Waals surface area contributed by atoms with Crippen LogP contribution in [0.4, 0.5) is 0 Å². The lowest BCUT2D eigenvalue weighted by atomic mass is 10.2. The second-order valence-electron chi connectivity index (χ2n) is 4.60. The van der Waals surface area contributed by atoms with Gasteiger partial charge in [0.05, 0.1) is 19.0 Å². The van der Waals surface area contributed by atoms with Gasteiger partial charge in [0, 0.05) is 19.6 Å². The van der Waals surface area contributed by atoms with Gasteiger partial charge in [-0.25, -0.2) is 0 Å². The Morgan fingerprint density at radius 2 is 2.10 bits per heavy atom. The van der Waals surface area contributed by atoms with Gasteiger partial charge >= 0.3 is 0 Å². The number of amides is 1. The van der Waals surface area contributed by atoms with Crippen molar-refractivity contribution in [1.29, 1.82) is 5.26 Å². The summed E-state index contributed by atoms with van der Waals surface area (Å²) in [5, 5.41) is 11.2. The number of nitrogens with one attached hydrogen (secondary N) is 1. The molecule has 3 N–H and O–H groups in total. The molecule has 1 rings (SSSR count). The van der Waals surface area contributed by atoms with E-state index in [1.807, 2.05) is 36.4 Å². The lowest BCUT2D eigenvalue weighted by Crippen LogP contribution is -2.38. The topological polar surface area (TPSA) is 82.2 Å². The van der Waals surface area contributed by atoms with Crippen LogP contribution in [0.1, 0.15) is 18.4 Å². The lowest BCUT2D eigenvalue weighted by Gasteiger charge is -2.21. The van der Waals surface area contributed by atoms with Crippen molar-refractivity contribution in [3.63, 3.8) is 0 Å². The molecule has 0 fully saturated rings. The molecule has 0 heterocycles. The molecule has 1 amide bonds. The average molecular weight is 274 g/mol. The van der Waals surface area contributed by atoms with Crippen LogP contribution in [0.15, 0.2) is 30.3 Å². The fourth-order valence-electron chi connectivity index (χ4n) is 1.89. The number of rotatable bonds is 9. The largest absolute Gasteiger partial charge is 0.354 e. The number of nitrogens with zero attached hydrogens (tertiary/aromatic N) is 2. The number of hydrogen-bond acceptors (Lipinski definition) is 4. The second-order valence-corrected chi connectivity index (χ2v) is 4.60. The van der Waals surface area contributed by atoms with Gasteiger partial charge in [0.15, 0.2) is 0 Å². The zero-order chi connectivity index (χ0) is 14.6. The van der Waals surface area contributed by atoms with Gasteiger partial charge in [-0.2, -0.15) is 5.26 Å². The van der Waals surface area contributed by atoms with Crippen molar-refractivity contribution in [2.75, 3.05) is 26.2 Å². The summed E-state index contributed by atoms with van der Waals surface area (Å²) in [7, 11) is 0. The maximum atomic E-state index is 11.8. The van der Waals surface area contributed by atoms with Gasteiger partial charge in [-0.05, 0) is 18.5 Å². The molecule has 0 aliphatic rings. The maximum absolute atomic E-state index is 11.8. The minimum Gasteiger partial charge on any atom is -0.354 e. The van der Waals surface area contributed by atoms with Crippen molar-refractivity contribution in [2.24, 2.45) is 5.73 Å². The summed E-state index contributed by atoms with van der Waals surface area (Å²) in [6.07, 6.45) is 1.20. The maximum Gasteiger partial charge on any atom is 0.234 e. The van der Waals surface area contributed by atoms with Crippen LogP contribution in [0.25, 0.3) is 0 Å². The van der Waals surface area contributed by atoms with Gasteiger partial charge in [-0.3, -0.25) is 9.69 Å². The van der Waals surface area contributed by atoms with E-state index >= 15 is 0 Å². The molecule has 108 valence electrons. The van der Waals surface area contributed by atoms with Crippen LogP contribution in [-0.4, -0.2) is 37.0 Å². The predicted molar refractivity (Wildman–Crippen MR) is 78.6 cm³/mol. The molecule has 0 saturated heterocycles. The third kappa shape index (κ3) is 6.88. The summed E-state index contributed by atoms with van der Waals surface area (Å²) in [5.74, 6) is -0.0480. The first-order valence-corrected chi connectivity index (χ1v) is 6.86. The first-order valence-electron chi connectivity index (χ1n) is 6.86. The predicted octanol–water partition coefficient (Wildman–Crippen LogP) is 0.867. The third-order valence-corrected chi connectivity index (χ3v) is 2.85. The highest BCUT2D eigenvalue weighted by molar-refractivity contribution is 5.78. The monoisotopic (exact) mass is 274 g/mol. The van der Waals surface area contributed by atoms with Gasteiger partial charge in [0.25, 0.3) is 0 Å². The van der Waals surface area contributed by atoms with Crippen LogP contribution < -0.4 is 11.1 Å². The molecule has 0 radical (unpaired) electrons. The van der Waals surface area contributed by atoms with Crippen LogP contribution in [0, 0.1) is 11.3 Å². The molecule has 1 aromatic carbocycles. The Hall–Kier alpha value is -1.90. The number of hydrogen-bond donors (Lipinski definition) is 2. The van der Waals surface area contributed by atoms with Gasteiger partial charge in [0.1, 0.15) is 0 Å². The number of carbonyl (C=O) groups excluding carboxylic acids is 1. The highest BCUT2D eigenvalue weighted by Crippen LogP contribution is 2.04. The van der Waals surface area contributed by atoms with E-state index in [9.17, 15) is 4.79 Å². The standard InChI is InChI=1S/C15H22N4O/c16-8-4-10-18-15(20)13-19(11-5-9-17)12-14-6-2-1-3-7-14/h1-3,6-7H,4-5,9-13,17H2,(H,18,20). The van der Waals surface area contributed by atoms with Crippen molar-refractivity contribution in [2.45, 2.75) is 19.4 Å². The fraction of sp³-hybridized carbons (Fsp3) is 0.467. The Labute approximate surface area is 120 Å². The fourth-order valence-corrected chi connectivity index (χ4v) is 1.89. The number of benzene rings is 1. The van der Waals surface area contributed by atoms with E-state index in [4.69, 9.17) is 11.0 Å². The van der Waals surface area contributed by atoms with Crippen molar-refractivity contribution >= 4 is 5.91 Å². The molecular weight excluding hydrogens is 252 g/mol. The molecule has 0 aromatic heterocycles. The summed E-state index contributed by atoms with van der Waals surface area (Å²) < 4.78 is 0. The van der Waals surface area contributed by atoms with Gasteiger partial charge in [-0.1, -0.05) is 30.3 Å². The first kappa shape index (κ1) is 16.2. The molecule has 1 aromatic rings. The zero-order valence-corrected chi connectivity index (χ0v) is 11.7. The molecule has 0 aliphatic carbocycles. The quantitative estimate of drug-likeness (QED) is 0.655. The van der Waals surface area contributed by atoms with Crippen LogP contribution in [0.2, 0.25) is 0 Å². The minimum atomic E-state index is -0.0480. The number of carbonyl (C=O) groups is 1. The molecule has 5 heteroatoms. The van der Waals surface area contributed by atoms with Crippen molar-refractivity contribution in [3.05, 3.63) is 35.9 Å². The molecular formula is C15H22N4O.